The van der Waals surface area contributed by atoms with E-state index < -0.39 is 44.8 Å². The largest absolute Gasteiger partial charge is 0.492 e. The minimum atomic E-state index is -4.09. The zero-order valence-electron chi connectivity index (χ0n) is 18.7. The van der Waals surface area contributed by atoms with Crippen LogP contribution in [0.15, 0.2) is 60.2 Å². The van der Waals surface area contributed by atoms with Crippen molar-refractivity contribution in [2.75, 3.05) is 10.5 Å². The number of hydrogen-bond donors (Lipinski definition) is 2. The first kappa shape index (κ1) is 25.0. The number of allylic oxidation sites excluding steroid dienone is 1. The van der Waals surface area contributed by atoms with Crippen molar-refractivity contribution in [3.8, 4) is 5.88 Å². The number of nitrogens with one attached hydrogen (secondary N) is 1. The van der Waals surface area contributed by atoms with Gasteiger partial charge in [-0.05, 0) is 12.0 Å². The molecule has 9 nitrogen and oxygen atoms in total. The second kappa shape index (κ2) is 11.0. The van der Waals surface area contributed by atoms with Gasteiger partial charge in [0.25, 0.3) is 5.56 Å². The van der Waals surface area contributed by atoms with Crippen molar-refractivity contribution in [3.05, 3.63) is 88.8 Å². The molecular weight excluding hydrogens is 461 g/mol. The van der Waals surface area contributed by atoms with E-state index in [1.165, 1.54) is 4.57 Å². The summed E-state index contributed by atoms with van der Waals surface area (Å²) in [6.45, 7) is 5.83. The van der Waals surface area contributed by atoms with E-state index in [1.54, 1.807) is 6.08 Å². The highest BCUT2D eigenvalue weighted by atomic mass is 32.2. The molecule has 2 aromatic heterocycles. The fraction of sp³-hybridized carbons (Fsp3) is 0.304. The Hall–Kier alpha value is -3.60. The number of rotatable bonds is 11. The van der Waals surface area contributed by atoms with Gasteiger partial charge in [0.1, 0.15) is 11.6 Å². The van der Waals surface area contributed by atoms with Gasteiger partial charge >= 0.3 is 0 Å². The van der Waals surface area contributed by atoms with Crippen molar-refractivity contribution in [2.24, 2.45) is 0 Å². The molecule has 3 rings (SSSR count). The molecule has 1 atom stereocenters. The molecule has 2 N–H and O–H groups in total. The Morgan fingerprint density at radius 2 is 1.88 bits per heavy atom. The molecule has 3 aromatic rings. The Kier molecular flexibility index (Phi) is 8.11. The summed E-state index contributed by atoms with van der Waals surface area (Å²) in [5.74, 6) is -1.39. The lowest BCUT2D eigenvalue weighted by Crippen LogP contribution is -2.33. The number of anilines is 1. The summed E-state index contributed by atoms with van der Waals surface area (Å²) in [6, 6.07) is 8.49. The molecule has 11 heteroatoms. The predicted molar refractivity (Wildman–Crippen MR) is 127 cm³/mol. The fourth-order valence-corrected chi connectivity index (χ4v) is 4.44. The van der Waals surface area contributed by atoms with E-state index in [0.29, 0.717) is 18.7 Å². The summed E-state index contributed by atoms with van der Waals surface area (Å²) in [5.41, 5.74) is -0.538. The molecule has 0 aliphatic rings. The first-order valence-corrected chi connectivity index (χ1v) is 12.4. The summed E-state index contributed by atoms with van der Waals surface area (Å²) >= 11 is 0. The molecule has 0 radical (unpaired) electrons. The lowest BCUT2D eigenvalue weighted by atomic mass is 10.1. The van der Waals surface area contributed by atoms with Gasteiger partial charge in [-0.1, -0.05) is 49.8 Å². The molecule has 2 heterocycles. The summed E-state index contributed by atoms with van der Waals surface area (Å²) in [6.07, 6.45) is 5.27. The van der Waals surface area contributed by atoms with Crippen LogP contribution in [0, 0.1) is 5.82 Å². The molecule has 0 saturated carbocycles. The van der Waals surface area contributed by atoms with E-state index in [4.69, 9.17) is 0 Å². The maximum absolute atomic E-state index is 13.5. The third-order valence-electron chi connectivity index (χ3n) is 5.09. The smallest absolute Gasteiger partial charge is 0.282 e. The molecule has 0 unspecified atom stereocenters. The summed E-state index contributed by atoms with van der Waals surface area (Å²) in [7, 11) is -4.09. The lowest BCUT2D eigenvalue weighted by molar-refractivity contribution is 0.440. The molecule has 180 valence electrons. The summed E-state index contributed by atoms with van der Waals surface area (Å²) in [4.78, 5) is 25.1. The molecule has 0 bridgehead atoms. The summed E-state index contributed by atoms with van der Waals surface area (Å²) < 4.78 is 41.8. The van der Waals surface area contributed by atoms with Crippen LogP contribution in [-0.2, 0) is 22.9 Å². The maximum Gasteiger partial charge on any atom is 0.282 e. The van der Waals surface area contributed by atoms with Gasteiger partial charge in [0.2, 0.25) is 15.9 Å². The highest BCUT2D eigenvalue weighted by Gasteiger charge is 2.24. The van der Waals surface area contributed by atoms with Crippen molar-refractivity contribution in [3.63, 3.8) is 0 Å². The van der Waals surface area contributed by atoms with Crippen LogP contribution in [0.25, 0.3) is 0 Å². The average molecular weight is 488 g/mol. The third-order valence-corrected chi connectivity index (χ3v) is 6.35. The molecular formula is C23H26FN5O4S. The van der Waals surface area contributed by atoms with E-state index in [-0.39, 0.29) is 12.2 Å². The van der Waals surface area contributed by atoms with Crippen LogP contribution in [0.3, 0.4) is 0 Å². The predicted octanol–water partition coefficient (Wildman–Crippen LogP) is 2.98. The van der Waals surface area contributed by atoms with Gasteiger partial charge in [-0.3, -0.25) is 14.1 Å². The second-order valence-corrected chi connectivity index (χ2v) is 9.43. The van der Waals surface area contributed by atoms with Gasteiger partial charge in [0.05, 0.1) is 24.2 Å². The van der Waals surface area contributed by atoms with Gasteiger partial charge in [-0.15, -0.1) is 6.58 Å². The van der Waals surface area contributed by atoms with Crippen molar-refractivity contribution in [2.45, 2.75) is 38.6 Å². The second-order valence-electron chi connectivity index (χ2n) is 7.59. The number of aromatic hydroxyl groups is 1. The number of aromatic nitrogens is 4. The topological polar surface area (TPSA) is 127 Å². The molecule has 1 aromatic carbocycles. The monoisotopic (exact) mass is 487 g/mol. The molecule has 34 heavy (non-hydrogen) atoms. The highest BCUT2D eigenvalue weighted by molar-refractivity contribution is 7.92. The first-order chi connectivity index (χ1) is 16.3. The van der Waals surface area contributed by atoms with Crippen LogP contribution in [-0.4, -0.2) is 38.8 Å². The van der Waals surface area contributed by atoms with Crippen molar-refractivity contribution >= 4 is 15.7 Å². The number of halogens is 1. The van der Waals surface area contributed by atoms with Gasteiger partial charge in [0.15, 0.2) is 11.5 Å². The standard InChI is InChI=1S/C23H26FN5O4S/c1-3-5-11-20-27-22(30)21(23(31)29(20)18(4-2)16-9-7-6-8-10-16)28-34(32,33)13-12-19-25-14-17(24)15-26-19/h4,6-10,14-15,18,28,30H,2-3,5,11-13H2,1H3/t18-/m1/s1. The number of nitrogens with zero attached hydrogens (tertiary/aromatic N) is 4. The van der Waals surface area contributed by atoms with Crippen LogP contribution in [0.4, 0.5) is 10.1 Å². The summed E-state index contributed by atoms with van der Waals surface area (Å²) in [5, 5.41) is 10.5. The molecule has 0 fully saturated rings. The fourth-order valence-electron chi connectivity index (χ4n) is 3.39. The van der Waals surface area contributed by atoms with Crippen molar-refractivity contribution < 1.29 is 17.9 Å². The number of aryl methyl sites for hydroxylation is 2. The van der Waals surface area contributed by atoms with E-state index in [1.807, 2.05) is 37.3 Å². The van der Waals surface area contributed by atoms with Crippen LogP contribution in [0.2, 0.25) is 0 Å². The van der Waals surface area contributed by atoms with E-state index in [2.05, 4.69) is 26.3 Å². The van der Waals surface area contributed by atoms with Crippen LogP contribution < -0.4 is 10.3 Å². The average Bonchev–Trinajstić information content (AvgIpc) is 2.83. The Morgan fingerprint density at radius 3 is 2.50 bits per heavy atom. The molecule has 0 aliphatic heterocycles. The zero-order valence-corrected chi connectivity index (χ0v) is 19.5. The third kappa shape index (κ3) is 6.04. The quantitative estimate of drug-likeness (QED) is 0.398. The van der Waals surface area contributed by atoms with E-state index in [0.717, 1.165) is 24.4 Å². The van der Waals surface area contributed by atoms with Crippen LogP contribution >= 0.6 is 0 Å². The van der Waals surface area contributed by atoms with E-state index in [9.17, 15) is 22.7 Å². The normalized spacial score (nSPS) is 12.3. The lowest BCUT2D eigenvalue weighted by Gasteiger charge is -2.22. The minimum absolute atomic E-state index is 0.119. The molecule has 0 aliphatic carbocycles. The number of sulfonamides is 1. The molecule has 0 amide bonds. The van der Waals surface area contributed by atoms with Crippen molar-refractivity contribution in [1.82, 2.24) is 19.5 Å². The maximum atomic E-state index is 13.5. The first-order valence-electron chi connectivity index (χ1n) is 10.7. The Bertz CT molecular complexity index is 1300. The number of benzene rings is 1. The SMILES string of the molecule is C=C[C@H](c1ccccc1)n1c(CCCC)nc(O)c(NS(=O)(=O)CCc2ncc(F)cn2)c1=O. The molecule has 0 saturated heterocycles. The Morgan fingerprint density at radius 1 is 1.21 bits per heavy atom. The Labute approximate surface area is 197 Å². The minimum Gasteiger partial charge on any atom is -0.492 e. The van der Waals surface area contributed by atoms with Gasteiger partial charge < -0.3 is 5.11 Å². The highest BCUT2D eigenvalue weighted by Crippen LogP contribution is 2.25. The van der Waals surface area contributed by atoms with Gasteiger partial charge in [-0.2, -0.15) is 4.98 Å². The van der Waals surface area contributed by atoms with Gasteiger partial charge in [0, 0.05) is 12.8 Å². The van der Waals surface area contributed by atoms with Crippen LogP contribution in [0.1, 0.15) is 43.0 Å². The number of unbranched alkanes of at least 4 members (excludes halogenated alkanes) is 1. The Balaban J connectivity index is 1.98. The number of hydrogen-bond acceptors (Lipinski definition) is 7. The van der Waals surface area contributed by atoms with Gasteiger partial charge in [-0.25, -0.2) is 22.8 Å². The van der Waals surface area contributed by atoms with E-state index >= 15 is 0 Å². The van der Waals surface area contributed by atoms with Crippen LogP contribution in [0.5, 0.6) is 5.88 Å². The van der Waals surface area contributed by atoms with Crippen molar-refractivity contribution in [1.29, 1.82) is 0 Å². The zero-order chi connectivity index (χ0) is 24.7. The molecule has 0 spiro atoms.